The van der Waals surface area contributed by atoms with Crippen LogP contribution in [0.5, 0.6) is 0 Å². The molecule has 0 saturated heterocycles. The summed E-state index contributed by atoms with van der Waals surface area (Å²) in [4.78, 5) is 27.4. The number of sulfonamides is 1. The molecule has 2 amide bonds. The predicted octanol–water partition coefficient (Wildman–Crippen LogP) is 5.13. The zero-order chi connectivity index (χ0) is 26.3. The van der Waals surface area contributed by atoms with Crippen molar-refractivity contribution in [3.63, 3.8) is 0 Å². The number of benzene rings is 2. The van der Waals surface area contributed by atoms with Gasteiger partial charge in [-0.3, -0.25) is 13.9 Å². The topological polar surface area (TPSA) is 86.8 Å². The van der Waals surface area contributed by atoms with Gasteiger partial charge in [-0.25, -0.2) is 8.42 Å². The summed E-state index contributed by atoms with van der Waals surface area (Å²) in [6.07, 6.45) is 1.38. The van der Waals surface area contributed by atoms with Crippen LogP contribution in [0.3, 0.4) is 0 Å². The Morgan fingerprint density at radius 2 is 1.69 bits per heavy atom. The number of anilines is 1. The van der Waals surface area contributed by atoms with E-state index in [-0.39, 0.29) is 43.8 Å². The molecule has 11 heteroatoms. The largest absolute Gasteiger partial charge is 0.352 e. The van der Waals surface area contributed by atoms with E-state index in [1.165, 1.54) is 9.21 Å². The molecule has 0 aliphatic heterocycles. The summed E-state index contributed by atoms with van der Waals surface area (Å²) in [5.74, 6) is -0.577. The van der Waals surface area contributed by atoms with E-state index < -0.39 is 16.1 Å². The molecule has 0 aromatic heterocycles. The molecule has 0 bridgehead atoms. The number of halogens is 3. The molecule has 0 heterocycles. The van der Waals surface area contributed by atoms with E-state index in [2.05, 4.69) is 5.32 Å². The minimum absolute atomic E-state index is 0.0349. The van der Waals surface area contributed by atoms with Gasteiger partial charge in [-0.2, -0.15) is 0 Å². The SMILES string of the molecule is CC(C)NC(=O)C(C)N(Cc1ccc(Cl)c(Cl)c1)C(=O)CCCN(c1cccc(Cl)c1)S(C)(=O)=O. The number of hydrogen-bond donors (Lipinski definition) is 1. The Kier molecular flexibility index (Phi) is 10.7. The van der Waals surface area contributed by atoms with Crippen LogP contribution in [-0.2, 0) is 26.2 Å². The molecular weight excluding hydrogens is 533 g/mol. The highest BCUT2D eigenvalue weighted by Crippen LogP contribution is 2.25. The molecule has 35 heavy (non-hydrogen) atoms. The lowest BCUT2D eigenvalue weighted by atomic mass is 10.1. The molecule has 0 radical (unpaired) electrons. The molecule has 0 fully saturated rings. The van der Waals surface area contributed by atoms with Gasteiger partial charge < -0.3 is 10.2 Å². The first kappa shape index (κ1) is 29.2. The third kappa shape index (κ3) is 8.86. The lowest BCUT2D eigenvalue weighted by molar-refractivity contribution is -0.140. The summed E-state index contributed by atoms with van der Waals surface area (Å²) in [6.45, 7) is 5.56. The Balaban J connectivity index is 2.19. The van der Waals surface area contributed by atoms with E-state index in [0.717, 1.165) is 6.26 Å². The lowest BCUT2D eigenvalue weighted by Crippen LogP contribution is -2.49. The van der Waals surface area contributed by atoms with Crippen LogP contribution in [-0.4, -0.2) is 50.0 Å². The van der Waals surface area contributed by atoms with Gasteiger partial charge in [0, 0.05) is 30.6 Å². The van der Waals surface area contributed by atoms with E-state index in [4.69, 9.17) is 34.8 Å². The summed E-state index contributed by atoms with van der Waals surface area (Å²) < 4.78 is 25.9. The van der Waals surface area contributed by atoms with E-state index in [0.29, 0.717) is 26.3 Å². The van der Waals surface area contributed by atoms with E-state index in [1.807, 2.05) is 13.8 Å². The first-order valence-corrected chi connectivity index (χ1v) is 14.0. The Bertz CT molecular complexity index is 1160. The van der Waals surface area contributed by atoms with Crippen LogP contribution in [0.4, 0.5) is 5.69 Å². The molecule has 2 rings (SSSR count). The third-order valence-electron chi connectivity index (χ3n) is 5.18. The van der Waals surface area contributed by atoms with Crippen molar-refractivity contribution in [2.75, 3.05) is 17.1 Å². The van der Waals surface area contributed by atoms with Crippen LogP contribution in [0.2, 0.25) is 15.1 Å². The minimum Gasteiger partial charge on any atom is -0.352 e. The zero-order valence-electron chi connectivity index (χ0n) is 20.1. The Morgan fingerprint density at radius 3 is 2.26 bits per heavy atom. The number of carbonyl (C=O) groups is 2. The fourth-order valence-corrected chi connectivity index (χ4v) is 4.92. The molecule has 0 aliphatic carbocycles. The minimum atomic E-state index is -3.60. The first-order chi connectivity index (χ1) is 16.3. The second kappa shape index (κ2) is 12.8. The van der Waals surface area contributed by atoms with Crippen molar-refractivity contribution >= 4 is 62.3 Å². The summed E-state index contributed by atoms with van der Waals surface area (Å²) >= 11 is 18.2. The number of rotatable bonds is 11. The number of nitrogens with one attached hydrogen (secondary N) is 1. The highest BCUT2D eigenvalue weighted by atomic mass is 35.5. The highest BCUT2D eigenvalue weighted by molar-refractivity contribution is 7.92. The molecule has 2 aromatic carbocycles. The van der Waals surface area contributed by atoms with Gasteiger partial charge in [-0.1, -0.05) is 46.9 Å². The van der Waals surface area contributed by atoms with Crippen LogP contribution in [0.25, 0.3) is 0 Å². The van der Waals surface area contributed by atoms with Crippen LogP contribution in [0.15, 0.2) is 42.5 Å². The first-order valence-electron chi connectivity index (χ1n) is 11.1. The van der Waals surface area contributed by atoms with Gasteiger partial charge in [0.1, 0.15) is 6.04 Å². The van der Waals surface area contributed by atoms with Gasteiger partial charge in [-0.05, 0) is 63.1 Å². The average Bonchev–Trinajstić information content (AvgIpc) is 2.75. The Hall–Kier alpha value is -2.00. The monoisotopic (exact) mass is 561 g/mol. The second-order valence-corrected chi connectivity index (χ2v) is 11.7. The third-order valence-corrected chi connectivity index (χ3v) is 7.35. The molecule has 1 unspecified atom stereocenters. The smallest absolute Gasteiger partial charge is 0.242 e. The van der Waals surface area contributed by atoms with E-state index >= 15 is 0 Å². The van der Waals surface area contributed by atoms with Crippen molar-refractivity contribution in [1.82, 2.24) is 10.2 Å². The number of carbonyl (C=O) groups excluding carboxylic acids is 2. The maximum absolute atomic E-state index is 13.3. The average molecular weight is 563 g/mol. The summed E-state index contributed by atoms with van der Waals surface area (Å²) in [6, 6.07) is 10.7. The van der Waals surface area contributed by atoms with Gasteiger partial charge in [0.05, 0.1) is 22.0 Å². The molecule has 7 nitrogen and oxygen atoms in total. The molecule has 0 spiro atoms. The van der Waals surface area contributed by atoms with Crippen LogP contribution in [0.1, 0.15) is 39.2 Å². The van der Waals surface area contributed by atoms with Crippen molar-refractivity contribution in [3.8, 4) is 0 Å². The quantitative estimate of drug-likeness (QED) is 0.411. The molecule has 1 atom stereocenters. The van der Waals surface area contributed by atoms with Crippen LogP contribution in [0, 0.1) is 0 Å². The fraction of sp³-hybridized carbons (Fsp3) is 0.417. The van der Waals surface area contributed by atoms with Gasteiger partial charge in [0.2, 0.25) is 21.8 Å². The molecule has 0 aliphatic rings. The maximum atomic E-state index is 13.3. The molecule has 192 valence electrons. The maximum Gasteiger partial charge on any atom is 0.242 e. The molecule has 1 N–H and O–H groups in total. The standard InChI is InChI=1S/C24H30Cl3N3O4S/c1-16(2)28-24(32)17(3)29(15-18-10-11-21(26)22(27)13-18)23(31)9-6-12-30(35(4,33)34)20-8-5-7-19(25)14-20/h5,7-8,10-11,13-14,16-17H,6,9,12,15H2,1-4H3,(H,28,32). The van der Waals surface area contributed by atoms with Crippen LogP contribution < -0.4 is 9.62 Å². The van der Waals surface area contributed by atoms with Crippen molar-refractivity contribution in [1.29, 1.82) is 0 Å². The van der Waals surface area contributed by atoms with E-state index in [1.54, 1.807) is 49.4 Å². The Morgan fingerprint density at radius 1 is 1.00 bits per heavy atom. The lowest BCUT2D eigenvalue weighted by Gasteiger charge is -2.30. The highest BCUT2D eigenvalue weighted by Gasteiger charge is 2.27. The van der Waals surface area contributed by atoms with Gasteiger partial charge in [-0.15, -0.1) is 0 Å². The van der Waals surface area contributed by atoms with Gasteiger partial charge >= 0.3 is 0 Å². The normalized spacial score (nSPS) is 12.3. The van der Waals surface area contributed by atoms with Crippen molar-refractivity contribution in [2.24, 2.45) is 0 Å². The number of nitrogens with zero attached hydrogens (tertiary/aromatic N) is 2. The second-order valence-electron chi connectivity index (χ2n) is 8.53. The van der Waals surface area contributed by atoms with E-state index in [9.17, 15) is 18.0 Å². The number of hydrogen-bond acceptors (Lipinski definition) is 4. The summed E-state index contributed by atoms with van der Waals surface area (Å²) in [5.41, 5.74) is 1.14. The number of amides is 2. The summed E-state index contributed by atoms with van der Waals surface area (Å²) in [7, 11) is -3.60. The predicted molar refractivity (Wildman–Crippen MR) is 143 cm³/mol. The van der Waals surface area contributed by atoms with Gasteiger partial charge in [0.15, 0.2) is 0 Å². The Labute approximate surface area is 222 Å². The van der Waals surface area contributed by atoms with Crippen molar-refractivity contribution in [3.05, 3.63) is 63.1 Å². The molecular formula is C24H30Cl3N3O4S. The zero-order valence-corrected chi connectivity index (χ0v) is 23.2. The molecule has 0 saturated carbocycles. The molecule has 2 aromatic rings. The summed E-state index contributed by atoms with van der Waals surface area (Å²) in [5, 5.41) is 3.97. The van der Waals surface area contributed by atoms with Gasteiger partial charge in [0.25, 0.3) is 0 Å². The fourth-order valence-electron chi connectivity index (χ4n) is 3.46. The van der Waals surface area contributed by atoms with Crippen molar-refractivity contribution in [2.45, 2.75) is 52.2 Å². The van der Waals surface area contributed by atoms with Crippen molar-refractivity contribution < 1.29 is 18.0 Å². The van der Waals surface area contributed by atoms with Crippen LogP contribution >= 0.6 is 34.8 Å².